The van der Waals surface area contributed by atoms with Crippen LogP contribution in [-0.4, -0.2) is 28.4 Å². The number of amides is 1. The summed E-state index contributed by atoms with van der Waals surface area (Å²) < 4.78 is 21.4. The number of nitrogens with zero attached hydrogens (tertiary/aromatic N) is 2. The van der Waals surface area contributed by atoms with Gasteiger partial charge >= 0.3 is 5.91 Å². The van der Waals surface area contributed by atoms with Gasteiger partial charge in [-0.2, -0.15) is 0 Å². The lowest BCUT2D eigenvalue weighted by Crippen LogP contribution is -2.29. The molecule has 182 valence electrons. The Morgan fingerprint density at radius 3 is 2.53 bits per heavy atom. The van der Waals surface area contributed by atoms with Crippen molar-refractivity contribution >= 4 is 44.1 Å². The van der Waals surface area contributed by atoms with Crippen molar-refractivity contribution in [2.45, 2.75) is 26.8 Å². The van der Waals surface area contributed by atoms with Crippen molar-refractivity contribution in [2.24, 2.45) is 0 Å². The first-order valence-corrected chi connectivity index (χ1v) is 12.3. The van der Waals surface area contributed by atoms with E-state index in [-0.39, 0.29) is 22.0 Å². The molecule has 1 aliphatic heterocycles. The maximum atomic E-state index is 15.1. The number of ether oxygens (including phenoxy) is 1. The number of aryl methyl sites for hydroxylation is 2. The Balaban J connectivity index is 1.71. The van der Waals surface area contributed by atoms with Crippen LogP contribution in [0.25, 0.3) is 16.0 Å². The fourth-order valence-corrected chi connectivity index (χ4v) is 5.68. The zero-order chi connectivity index (χ0) is 25.6. The molecule has 0 spiro atoms. The van der Waals surface area contributed by atoms with Crippen LogP contribution in [0.2, 0.25) is 0 Å². The molecule has 1 fully saturated rings. The minimum Gasteiger partial charge on any atom is -0.507 e. The first kappa shape index (κ1) is 23.7. The largest absolute Gasteiger partial charge is 0.507 e. The molecule has 36 heavy (non-hydrogen) atoms. The number of carbonyl (C=O) groups excluding carboxylic acids is 2. The van der Waals surface area contributed by atoms with Crippen LogP contribution in [0.4, 0.5) is 9.52 Å². The number of hydrogen-bond acceptors (Lipinski definition) is 6. The third-order valence-corrected chi connectivity index (χ3v) is 7.11. The third kappa shape index (κ3) is 3.93. The predicted octanol–water partition coefficient (Wildman–Crippen LogP) is 6.08. The quantitative estimate of drug-likeness (QED) is 0.203. The van der Waals surface area contributed by atoms with Crippen molar-refractivity contribution in [1.29, 1.82) is 0 Å². The van der Waals surface area contributed by atoms with Crippen molar-refractivity contribution in [3.05, 3.63) is 94.3 Å². The number of Topliss-reactive ketones (excluding diaryl/α,β-unsaturated/α-hetero) is 1. The molecule has 2 heterocycles. The molecule has 1 atom stereocenters. The normalized spacial score (nSPS) is 17.2. The number of fused-ring (bicyclic) bond motifs is 1. The first-order chi connectivity index (χ1) is 17.3. The molecule has 0 bridgehead atoms. The Hall–Kier alpha value is -4.04. The Kier molecular flexibility index (Phi) is 6.05. The van der Waals surface area contributed by atoms with E-state index in [1.54, 1.807) is 30.3 Å². The predicted molar refractivity (Wildman–Crippen MR) is 138 cm³/mol. The van der Waals surface area contributed by atoms with E-state index < -0.39 is 23.5 Å². The first-order valence-electron chi connectivity index (χ1n) is 11.5. The third-order valence-electron chi connectivity index (χ3n) is 6.11. The second kappa shape index (κ2) is 9.20. The highest BCUT2D eigenvalue weighted by atomic mass is 32.1. The fraction of sp³-hybridized carbons (Fsp3) is 0.179. The summed E-state index contributed by atoms with van der Waals surface area (Å²) >= 11 is 1.25. The van der Waals surface area contributed by atoms with Crippen LogP contribution < -0.4 is 9.64 Å². The summed E-state index contributed by atoms with van der Waals surface area (Å²) in [6, 6.07) is 15.2. The summed E-state index contributed by atoms with van der Waals surface area (Å²) in [4.78, 5) is 32.5. The molecular formula is C28H23FN2O4S. The number of anilines is 1. The molecule has 5 rings (SSSR count). The SMILES string of the molecule is CCOc1ccc(/C(O)=C2\C(=O)C(=O)N(c3nc4c(C)cc(C)cc4s3)C2c2ccccc2F)cc1. The maximum Gasteiger partial charge on any atom is 0.301 e. The number of aromatic nitrogens is 1. The van der Waals surface area contributed by atoms with Crippen LogP contribution in [0.15, 0.2) is 66.2 Å². The summed E-state index contributed by atoms with van der Waals surface area (Å²) in [6.45, 7) is 6.22. The van der Waals surface area contributed by atoms with Gasteiger partial charge in [0.1, 0.15) is 23.4 Å². The molecule has 8 heteroatoms. The van der Waals surface area contributed by atoms with Gasteiger partial charge in [-0.1, -0.05) is 35.6 Å². The second-order valence-electron chi connectivity index (χ2n) is 8.57. The number of halogens is 1. The van der Waals surface area contributed by atoms with Crippen LogP contribution in [0.3, 0.4) is 0 Å². The zero-order valence-electron chi connectivity index (χ0n) is 19.9. The molecule has 0 radical (unpaired) electrons. The van der Waals surface area contributed by atoms with E-state index in [2.05, 4.69) is 4.98 Å². The van der Waals surface area contributed by atoms with Gasteiger partial charge in [0.25, 0.3) is 5.78 Å². The Morgan fingerprint density at radius 2 is 1.83 bits per heavy atom. The standard InChI is InChI=1S/C28H23FN2O4S/c1-4-35-18-11-9-17(10-12-18)25(32)22-24(19-7-5-6-8-20(19)29)31(27(34)26(22)33)28-30-23-16(3)13-15(2)14-21(23)36-28/h5-14,24,32H,4H2,1-3H3/b25-22+. The van der Waals surface area contributed by atoms with Gasteiger partial charge in [0.05, 0.1) is 22.4 Å². The highest BCUT2D eigenvalue weighted by Gasteiger charge is 2.49. The summed E-state index contributed by atoms with van der Waals surface area (Å²) in [5.74, 6) is -2.16. The minimum atomic E-state index is -1.18. The molecule has 6 nitrogen and oxygen atoms in total. The van der Waals surface area contributed by atoms with Crippen molar-refractivity contribution < 1.29 is 23.8 Å². The lowest BCUT2D eigenvalue weighted by atomic mass is 9.95. The minimum absolute atomic E-state index is 0.0938. The average Bonchev–Trinajstić information content (AvgIpc) is 3.38. The number of thiazole rings is 1. The molecule has 1 N–H and O–H groups in total. The van der Waals surface area contributed by atoms with Crippen molar-refractivity contribution in [3.8, 4) is 5.75 Å². The van der Waals surface area contributed by atoms with E-state index >= 15 is 4.39 Å². The van der Waals surface area contributed by atoms with Crippen LogP contribution in [0, 0.1) is 19.7 Å². The Morgan fingerprint density at radius 1 is 1.11 bits per heavy atom. The zero-order valence-corrected chi connectivity index (χ0v) is 20.7. The summed E-state index contributed by atoms with van der Waals surface area (Å²) in [5, 5.41) is 11.5. The fourth-order valence-electron chi connectivity index (χ4n) is 4.51. The lowest BCUT2D eigenvalue weighted by molar-refractivity contribution is -0.132. The monoisotopic (exact) mass is 502 g/mol. The smallest absolute Gasteiger partial charge is 0.301 e. The number of benzene rings is 3. The highest BCUT2D eigenvalue weighted by Crippen LogP contribution is 2.45. The van der Waals surface area contributed by atoms with Crippen molar-refractivity contribution in [3.63, 3.8) is 0 Å². The summed E-state index contributed by atoms with van der Waals surface area (Å²) in [6.07, 6.45) is 0. The van der Waals surface area contributed by atoms with E-state index in [9.17, 15) is 14.7 Å². The van der Waals surface area contributed by atoms with E-state index in [0.717, 1.165) is 15.8 Å². The summed E-state index contributed by atoms with van der Waals surface area (Å²) in [5.41, 5.74) is 2.90. The lowest BCUT2D eigenvalue weighted by Gasteiger charge is -2.23. The summed E-state index contributed by atoms with van der Waals surface area (Å²) in [7, 11) is 0. The van der Waals surface area contributed by atoms with Gasteiger partial charge in [-0.15, -0.1) is 0 Å². The van der Waals surface area contributed by atoms with Crippen molar-refractivity contribution in [1.82, 2.24) is 4.98 Å². The van der Waals surface area contributed by atoms with Crippen molar-refractivity contribution in [2.75, 3.05) is 11.5 Å². The molecule has 1 unspecified atom stereocenters. The number of ketones is 1. The van der Waals surface area contributed by atoms with E-state index in [0.29, 0.717) is 23.4 Å². The number of carbonyl (C=O) groups is 2. The van der Waals surface area contributed by atoms with E-state index in [4.69, 9.17) is 4.74 Å². The van der Waals surface area contributed by atoms with Crippen LogP contribution >= 0.6 is 11.3 Å². The van der Waals surface area contributed by atoms with Crippen LogP contribution in [-0.2, 0) is 9.59 Å². The molecule has 4 aromatic rings. The van der Waals surface area contributed by atoms with Gasteiger partial charge in [0, 0.05) is 11.1 Å². The maximum absolute atomic E-state index is 15.1. The van der Waals surface area contributed by atoms with Gasteiger partial charge in [0.2, 0.25) is 0 Å². The molecule has 0 saturated carbocycles. The molecule has 3 aromatic carbocycles. The molecule has 0 aliphatic carbocycles. The van der Waals surface area contributed by atoms with Crippen LogP contribution in [0.5, 0.6) is 5.75 Å². The highest BCUT2D eigenvalue weighted by molar-refractivity contribution is 7.22. The Bertz CT molecular complexity index is 1540. The second-order valence-corrected chi connectivity index (χ2v) is 9.58. The molecular weight excluding hydrogens is 479 g/mol. The molecule has 1 aliphatic rings. The van der Waals surface area contributed by atoms with Crippen LogP contribution in [0.1, 0.15) is 35.2 Å². The number of hydrogen-bond donors (Lipinski definition) is 1. The Labute approximate surface area is 211 Å². The molecule has 1 saturated heterocycles. The molecule has 1 amide bonds. The van der Waals surface area contributed by atoms with E-state index in [1.165, 1.54) is 34.4 Å². The van der Waals surface area contributed by atoms with Gasteiger partial charge in [0.15, 0.2) is 5.13 Å². The van der Waals surface area contributed by atoms with Gasteiger partial charge in [-0.3, -0.25) is 14.5 Å². The van der Waals surface area contributed by atoms with E-state index in [1.807, 2.05) is 32.9 Å². The van der Waals surface area contributed by atoms with Gasteiger partial charge < -0.3 is 9.84 Å². The van der Waals surface area contributed by atoms with Gasteiger partial charge in [-0.25, -0.2) is 9.37 Å². The topological polar surface area (TPSA) is 79.7 Å². The number of rotatable bonds is 5. The van der Waals surface area contributed by atoms with Gasteiger partial charge in [-0.05, 0) is 68.3 Å². The number of aliphatic hydroxyl groups excluding tert-OH is 1. The number of aliphatic hydroxyl groups is 1. The molecule has 1 aromatic heterocycles. The average molecular weight is 503 g/mol.